The third-order valence-electron chi connectivity index (χ3n) is 7.06. The Morgan fingerprint density at radius 3 is 2.41 bits per heavy atom. The van der Waals surface area contributed by atoms with Crippen molar-refractivity contribution in [2.75, 3.05) is 25.0 Å². The highest BCUT2D eigenvalue weighted by atomic mass is 16.2. The monoisotopic (exact) mass is 433 g/mol. The number of para-hydroxylation sites is 1. The van der Waals surface area contributed by atoms with Crippen LogP contribution in [0.1, 0.15) is 55.3 Å². The van der Waals surface area contributed by atoms with Crippen LogP contribution in [0.15, 0.2) is 60.7 Å². The number of benzene rings is 2. The van der Waals surface area contributed by atoms with Gasteiger partial charge in [-0.3, -0.25) is 9.59 Å². The molecule has 5 nitrogen and oxygen atoms in total. The van der Waals surface area contributed by atoms with E-state index in [0.717, 1.165) is 45.1 Å². The first-order valence-corrected chi connectivity index (χ1v) is 12.1. The van der Waals surface area contributed by atoms with Crippen molar-refractivity contribution in [1.82, 2.24) is 10.2 Å². The number of amides is 2. The second-order valence-electron chi connectivity index (χ2n) is 9.20. The van der Waals surface area contributed by atoms with E-state index < -0.39 is 0 Å². The van der Waals surface area contributed by atoms with Crippen LogP contribution in [0.3, 0.4) is 0 Å². The van der Waals surface area contributed by atoms with Gasteiger partial charge < -0.3 is 15.1 Å². The highest BCUT2D eigenvalue weighted by Gasteiger charge is 2.47. The van der Waals surface area contributed by atoms with Crippen molar-refractivity contribution in [3.05, 3.63) is 66.2 Å². The fraction of sp³-hybridized carbons (Fsp3) is 0.481. The fourth-order valence-corrected chi connectivity index (χ4v) is 5.33. The summed E-state index contributed by atoms with van der Waals surface area (Å²) in [5, 5.41) is 3.13. The van der Waals surface area contributed by atoms with Gasteiger partial charge >= 0.3 is 0 Å². The Morgan fingerprint density at radius 1 is 0.969 bits per heavy atom. The van der Waals surface area contributed by atoms with Crippen molar-refractivity contribution in [3.8, 4) is 0 Å². The summed E-state index contributed by atoms with van der Waals surface area (Å²) in [6.07, 6.45) is 7.22. The lowest BCUT2D eigenvalue weighted by Gasteiger charge is -2.33. The van der Waals surface area contributed by atoms with Gasteiger partial charge in [0.1, 0.15) is 6.04 Å². The van der Waals surface area contributed by atoms with Gasteiger partial charge in [-0.15, -0.1) is 0 Å². The van der Waals surface area contributed by atoms with Gasteiger partial charge in [0, 0.05) is 37.4 Å². The van der Waals surface area contributed by atoms with Gasteiger partial charge in [-0.05, 0) is 62.3 Å². The Balaban J connectivity index is 1.31. The number of nitrogens with one attached hydrogen (secondary N) is 1. The average Bonchev–Trinajstić information content (AvgIpc) is 3.24. The molecule has 2 aliphatic rings. The normalized spacial score (nSPS) is 22.3. The average molecular weight is 434 g/mol. The topological polar surface area (TPSA) is 52.7 Å². The van der Waals surface area contributed by atoms with Crippen molar-refractivity contribution in [1.29, 1.82) is 0 Å². The van der Waals surface area contributed by atoms with Crippen LogP contribution in [0.5, 0.6) is 0 Å². The lowest BCUT2D eigenvalue weighted by Crippen LogP contribution is -2.49. The van der Waals surface area contributed by atoms with E-state index in [2.05, 4.69) is 29.4 Å². The molecule has 1 aliphatic heterocycles. The molecule has 0 aromatic heterocycles. The van der Waals surface area contributed by atoms with E-state index in [-0.39, 0.29) is 23.9 Å². The number of carbonyl (C=O) groups is 2. The van der Waals surface area contributed by atoms with Crippen LogP contribution in [-0.4, -0.2) is 48.9 Å². The lowest BCUT2D eigenvalue weighted by molar-refractivity contribution is -0.125. The van der Waals surface area contributed by atoms with Gasteiger partial charge in [-0.25, -0.2) is 0 Å². The zero-order valence-corrected chi connectivity index (χ0v) is 19.1. The van der Waals surface area contributed by atoms with Gasteiger partial charge in [0.25, 0.3) is 5.91 Å². The molecule has 1 aliphatic carbocycles. The number of unbranched alkanes of at least 4 members (excludes halogenated alkanes) is 1. The number of hydrogen-bond acceptors (Lipinski definition) is 3. The fourth-order valence-electron chi connectivity index (χ4n) is 5.33. The van der Waals surface area contributed by atoms with E-state index in [1.54, 1.807) is 0 Å². The molecular formula is C27H35N3O2. The third-order valence-corrected chi connectivity index (χ3v) is 7.06. The Labute approximate surface area is 191 Å². The van der Waals surface area contributed by atoms with Gasteiger partial charge in [0.2, 0.25) is 5.91 Å². The van der Waals surface area contributed by atoms with Gasteiger partial charge in [-0.2, -0.15) is 0 Å². The molecule has 1 N–H and O–H groups in total. The molecule has 0 spiro atoms. The highest BCUT2D eigenvalue weighted by molar-refractivity contribution is 5.98. The van der Waals surface area contributed by atoms with Crippen LogP contribution in [0.4, 0.5) is 5.69 Å². The smallest absolute Gasteiger partial charge is 0.254 e. The molecule has 1 saturated heterocycles. The Bertz CT molecular complexity index is 886. The summed E-state index contributed by atoms with van der Waals surface area (Å²) in [6, 6.07) is 19.6. The van der Waals surface area contributed by atoms with Gasteiger partial charge in [-0.1, -0.05) is 49.2 Å². The van der Waals surface area contributed by atoms with Crippen LogP contribution < -0.4 is 10.2 Å². The molecule has 170 valence electrons. The van der Waals surface area contributed by atoms with Crippen molar-refractivity contribution in [3.63, 3.8) is 0 Å². The number of anilines is 1. The SMILES string of the molecule is CN(CCCCNC(=O)C1CC2CCCCC2N1C(=O)c1ccccc1)c1ccccc1. The zero-order chi connectivity index (χ0) is 22.3. The standard InChI is InChI=1S/C27H35N3O2/c1-29(23-15-6-3-7-16-23)19-11-10-18-28-26(31)25-20-22-14-8-9-17-24(22)30(25)27(32)21-12-4-2-5-13-21/h2-7,12-13,15-16,22,24-25H,8-11,14,17-20H2,1H3,(H,28,31). The van der Waals surface area contributed by atoms with Crippen molar-refractivity contribution >= 4 is 17.5 Å². The van der Waals surface area contributed by atoms with E-state index >= 15 is 0 Å². The molecule has 32 heavy (non-hydrogen) atoms. The van der Waals surface area contributed by atoms with E-state index in [0.29, 0.717) is 18.0 Å². The zero-order valence-electron chi connectivity index (χ0n) is 19.1. The second-order valence-corrected chi connectivity index (χ2v) is 9.20. The van der Waals surface area contributed by atoms with Crippen LogP contribution in [0, 0.1) is 5.92 Å². The van der Waals surface area contributed by atoms with Crippen LogP contribution in [-0.2, 0) is 4.79 Å². The van der Waals surface area contributed by atoms with Gasteiger partial charge in [0.15, 0.2) is 0 Å². The first kappa shape index (κ1) is 22.4. The maximum atomic E-state index is 13.3. The molecule has 2 amide bonds. The van der Waals surface area contributed by atoms with E-state index in [4.69, 9.17) is 0 Å². The molecule has 2 fully saturated rings. The van der Waals surface area contributed by atoms with Crippen molar-refractivity contribution in [2.45, 2.75) is 57.0 Å². The molecule has 3 atom stereocenters. The molecule has 2 aromatic rings. The minimum Gasteiger partial charge on any atom is -0.375 e. The first-order valence-electron chi connectivity index (χ1n) is 12.1. The molecular weight excluding hydrogens is 398 g/mol. The summed E-state index contributed by atoms with van der Waals surface area (Å²) in [7, 11) is 2.10. The molecule has 1 saturated carbocycles. The van der Waals surface area contributed by atoms with E-state index in [1.165, 1.54) is 12.1 Å². The minimum atomic E-state index is -0.345. The molecule has 4 rings (SSSR count). The predicted molar refractivity (Wildman–Crippen MR) is 129 cm³/mol. The number of carbonyl (C=O) groups excluding carboxylic acids is 2. The molecule has 5 heteroatoms. The van der Waals surface area contributed by atoms with Crippen molar-refractivity contribution < 1.29 is 9.59 Å². The van der Waals surface area contributed by atoms with Crippen molar-refractivity contribution in [2.24, 2.45) is 5.92 Å². The summed E-state index contributed by atoms with van der Waals surface area (Å²) >= 11 is 0. The summed E-state index contributed by atoms with van der Waals surface area (Å²) in [6.45, 7) is 1.60. The number of hydrogen-bond donors (Lipinski definition) is 1. The predicted octanol–water partition coefficient (Wildman–Crippen LogP) is 4.49. The second kappa shape index (κ2) is 10.7. The quantitative estimate of drug-likeness (QED) is 0.624. The number of rotatable bonds is 8. The Morgan fingerprint density at radius 2 is 1.66 bits per heavy atom. The summed E-state index contributed by atoms with van der Waals surface area (Å²) in [5.74, 6) is 0.469. The summed E-state index contributed by atoms with van der Waals surface area (Å²) < 4.78 is 0. The maximum absolute atomic E-state index is 13.3. The largest absolute Gasteiger partial charge is 0.375 e. The van der Waals surface area contributed by atoms with E-state index in [1.807, 2.05) is 53.4 Å². The minimum absolute atomic E-state index is 0.00429. The van der Waals surface area contributed by atoms with Crippen LogP contribution >= 0.6 is 0 Å². The molecule has 0 bridgehead atoms. The number of likely N-dealkylation sites (tertiary alicyclic amines) is 1. The molecule has 0 radical (unpaired) electrons. The van der Waals surface area contributed by atoms with E-state index in [9.17, 15) is 9.59 Å². The lowest BCUT2D eigenvalue weighted by atomic mass is 9.84. The highest BCUT2D eigenvalue weighted by Crippen LogP contribution is 2.40. The van der Waals surface area contributed by atoms with Gasteiger partial charge in [0.05, 0.1) is 0 Å². The van der Waals surface area contributed by atoms with Crippen LogP contribution in [0.25, 0.3) is 0 Å². The summed E-state index contributed by atoms with van der Waals surface area (Å²) in [4.78, 5) is 30.6. The Hall–Kier alpha value is -2.82. The first-order chi connectivity index (χ1) is 15.6. The third kappa shape index (κ3) is 5.14. The molecule has 2 aromatic carbocycles. The van der Waals surface area contributed by atoms with Crippen LogP contribution in [0.2, 0.25) is 0 Å². The molecule has 3 unspecified atom stereocenters. The molecule has 1 heterocycles. The number of nitrogens with zero attached hydrogens (tertiary/aromatic N) is 2. The Kier molecular flexibility index (Phi) is 7.46. The number of fused-ring (bicyclic) bond motifs is 1. The summed E-state index contributed by atoms with van der Waals surface area (Å²) in [5.41, 5.74) is 1.89. The maximum Gasteiger partial charge on any atom is 0.254 e.